The van der Waals surface area contributed by atoms with Gasteiger partial charge in [0.1, 0.15) is 67.1 Å². The van der Waals surface area contributed by atoms with Crippen LogP contribution in [0.3, 0.4) is 0 Å². The molecule has 17 N–H and O–H groups in total. The van der Waals surface area contributed by atoms with Gasteiger partial charge in [-0.3, -0.25) is 9.59 Å². The molecule has 19 atom stereocenters. The summed E-state index contributed by atoms with van der Waals surface area (Å²) in [6.07, 6.45) is 23.6. The minimum atomic E-state index is -1.72. The molecule has 3 heterocycles. The first-order valence-corrected chi connectivity index (χ1v) is 34.2. The van der Waals surface area contributed by atoms with Gasteiger partial charge in [0.25, 0.3) is 0 Å². The van der Waals surface area contributed by atoms with Crippen LogP contribution in [0.1, 0.15) is 226 Å². The minimum absolute atomic E-state index is 0.00851. The highest BCUT2D eigenvalue weighted by Gasteiger charge is 2.54. The number of rotatable bonds is 47. The van der Waals surface area contributed by atoms with Crippen molar-refractivity contribution >= 4 is 11.8 Å². The Balaban J connectivity index is 1.24. The Bertz CT molecular complexity index is 1800. The first-order valence-electron chi connectivity index (χ1n) is 34.2. The number of carbonyl (C=O) groups is 2. The summed E-state index contributed by atoms with van der Waals surface area (Å²) in [4.78, 5) is 29.0. The fraction of sp³-hybridized carbons (Fsp3) is 0.908. The van der Waals surface area contributed by atoms with E-state index in [1.54, 1.807) is 0 Å². The highest BCUT2D eigenvalue weighted by atomic mass is 16.8. The van der Waals surface area contributed by atoms with Crippen LogP contribution in [0.4, 0.5) is 0 Å². The molecule has 22 heteroatoms. The zero-order valence-electron chi connectivity index (χ0n) is 53.2. The van der Waals surface area contributed by atoms with E-state index in [9.17, 15) is 50.4 Å². The number of nitrogens with zero attached hydrogens (tertiary/aromatic N) is 1. The van der Waals surface area contributed by atoms with Gasteiger partial charge in [0.05, 0.1) is 31.4 Å². The first kappa shape index (κ1) is 77.1. The summed E-state index contributed by atoms with van der Waals surface area (Å²) in [7, 11) is 0. The maximum Gasteiger partial charge on any atom is 0.223 e. The zero-order chi connectivity index (χ0) is 63.3. The topological polar surface area (TPSA) is 371 Å². The standard InChI is InChI=1S/C65H122N6O16/c1-3-5-7-9-11-13-15-17-19-21-23-25-27-29-31-33-35-39-71(40-36-34-32-30-28-26-24-22-20-18-16-14-12-10-8-6-4-2)51(75)38-37-50(74)70-42-47-55(77)57(79)52(68)63(82-47)86-61-49(44-73)84-65(59(61)81)87-62-54(76)45(66)41-46(67)60(62)85-64-53(69)58(80)56(78)48(43-72)83-64/h19-22,45-49,52-65,72-73,76-81H,3-18,23-44,66-69H2,1-2H3,(H,70,74)/b21-19+,22-20+/t45-,46+,47?,48-,49?,52-,53-,54+,55-,56-,57-,58-,59-,60-,61-,62-,63-,64-,65+/m1/s1. The Labute approximate surface area is 521 Å². The molecule has 4 fully saturated rings. The molecule has 1 saturated carbocycles. The molecule has 2 unspecified atom stereocenters. The molecule has 508 valence electrons. The summed E-state index contributed by atoms with van der Waals surface area (Å²) in [5.74, 6) is -0.559. The third-order valence-corrected chi connectivity index (χ3v) is 17.9. The van der Waals surface area contributed by atoms with Crippen LogP contribution in [0.5, 0.6) is 0 Å². The minimum Gasteiger partial charge on any atom is -0.394 e. The molecule has 4 rings (SSSR count). The molecular weight excluding hydrogens is 1120 g/mol. The maximum absolute atomic E-state index is 13.8. The molecular formula is C65H122N6O16. The number of carbonyl (C=O) groups excluding carboxylic acids is 2. The molecule has 0 radical (unpaired) electrons. The monoisotopic (exact) mass is 1240 g/mol. The number of aliphatic hydroxyl groups is 8. The van der Waals surface area contributed by atoms with E-state index in [1.807, 2.05) is 4.90 Å². The molecule has 3 aliphatic heterocycles. The van der Waals surface area contributed by atoms with E-state index in [-0.39, 0.29) is 31.7 Å². The van der Waals surface area contributed by atoms with Gasteiger partial charge >= 0.3 is 0 Å². The number of aliphatic hydroxyl groups excluding tert-OH is 8. The lowest BCUT2D eigenvalue weighted by atomic mass is 9.84. The SMILES string of the molecule is CCCCCCCCC/C=C/CCCCCCCCN(CCCCCCCC/C=C/CCCCCCCCC)C(=O)CCC(=O)NCC1O[C@H](O[C@@H]2C(CO)O[C@@H](O[C@@H]3[C@@H](O)[C@H](N)C[C@H](N)[C@H]3O[C@H]3O[C@H](CO)[C@@H](O)[C@H](O)[C@H]3N)[C@@H]2O)[C@H](N)[C@@H](O)[C@@H]1O. The second-order valence-electron chi connectivity index (χ2n) is 25.2. The molecule has 87 heavy (non-hydrogen) atoms. The van der Waals surface area contributed by atoms with Crippen molar-refractivity contribution in [3.63, 3.8) is 0 Å². The number of amides is 2. The van der Waals surface area contributed by atoms with Gasteiger partial charge in [0.2, 0.25) is 11.8 Å². The van der Waals surface area contributed by atoms with E-state index < -0.39 is 135 Å². The van der Waals surface area contributed by atoms with Gasteiger partial charge in [0.15, 0.2) is 18.9 Å². The Hall–Kier alpha value is -2.30. The molecule has 0 aromatic rings. The number of hydrogen-bond acceptors (Lipinski definition) is 20. The van der Waals surface area contributed by atoms with Crippen molar-refractivity contribution in [3.05, 3.63) is 24.3 Å². The number of unbranched alkanes of at least 4 members (excludes halogenated alkanes) is 26. The van der Waals surface area contributed by atoms with Gasteiger partial charge in [-0.2, -0.15) is 0 Å². The molecule has 0 bridgehead atoms. The maximum atomic E-state index is 13.8. The van der Waals surface area contributed by atoms with Crippen molar-refractivity contribution < 1.29 is 78.9 Å². The van der Waals surface area contributed by atoms with Gasteiger partial charge < -0.3 is 102 Å². The molecule has 4 aliphatic rings. The Morgan fingerprint density at radius 1 is 0.448 bits per heavy atom. The van der Waals surface area contributed by atoms with Crippen LogP contribution in [0, 0.1) is 0 Å². The first-order chi connectivity index (χ1) is 42.1. The predicted molar refractivity (Wildman–Crippen MR) is 334 cm³/mol. The second-order valence-corrected chi connectivity index (χ2v) is 25.2. The van der Waals surface area contributed by atoms with Gasteiger partial charge in [-0.05, 0) is 70.6 Å². The van der Waals surface area contributed by atoms with Crippen LogP contribution in [-0.2, 0) is 38.0 Å². The molecule has 22 nitrogen and oxygen atoms in total. The van der Waals surface area contributed by atoms with E-state index in [1.165, 1.54) is 141 Å². The molecule has 0 aromatic heterocycles. The number of ether oxygens (including phenoxy) is 6. The van der Waals surface area contributed by atoms with Crippen LogP contribution >= 0.6 is 0 Å². The number of hydrogen-bond donors (Lipinski definition) is 13. The summed E-state index contributed by atoms with van der Waals surface area (Å²) in [5, 5.41) is 88.7. The van der Waals surface area contributed by atoms with Gasteiger partial charge in [-0.15, -0.1) is 0 Å². The summed E-state index contributed by atoms with van der Waals surface area (Å²) >= 11 is 0. The van der Waals surface area contributed by atoms with Crippen molar-refractivity contribution in [2.45, 2.75) is 342 Å². The summed E-state index contributed by atoms with van der Waals surface area (Å²) in [6.45, 7) is 4.08. The van der Waals surface area contributed by atoms with Crippen molar-refractivity contribution in [3.8, 4) is 0 Å². The van der Waals surface area contributed by atoms with Crippen LogP contribution in [0.15, 0.2) is 24.3 Å². The van der Waals surface area contributed by atoms with E-state index in [2.05, 4.69) is 43.5 Å². The molecule has 0 aromatic carbocycles. The Kier molecular flexibility index (Phi) is 40.0. The van der Waals surface area contributed by atoms with E-state index in [0.717, 1.165) is 51.4 Å². The van der Waals surface area contributed by atoms with E-state index >= 15 is 0 Å². The largest absolute Gasteiger partial charge is 0.394 e. The average Bonchev–Trinajstić information content (AvgIpc) is 2.15. The summed E-state index contributed by atoms with van der Waals surface area (Å²) in [6, 6.07) is -4.59. The molecule has 0 spiro atoms. The lowest BCUT2D eigenvalue weighted by molar-refractivity contribution is -0.310. The quantitative estimate of drug-likeness (QED) is 0.0288. The lowest BCUT2D eigenvalue weighted by Crippen LogP contribution is -2.68. The predicted octanol–water partition coefficient (Wildman–Crippen LogP) is 4.76. The van der Waals surface area contributed by atoms with Crippen molar-refractivity contribution in [2.24, 2.45) is 22.9 Å². The number of allylic oxidation sites excluding steroid dienone is 4. The third kappa shape index (κ3) is 27.8. The molecule has 1 aliphatic carbocycles. The van der Waals surface area contributed by atoms with Gasteiger partial charge in [-0.1, -0.05) is 167 Å². The Morgan fingerprint density at radius 2 is 0.839 bits per heavy atom. The van der Waals surface area contributed by atoms with Crippen molar-refractivity contribution in [1.82, 2.24) is 10.2 Å². The van der Waals surface area contributed by atoms with E-state index in [4.69, 9.17) is 51.4 Å². The summed E-state index contributed by atoms with van der Waals surface area (Å²) in [5.41, 5.74) is 25.1. The zero-order valence-corrected chi connectivity index (χ0v) is 53.2. The van der Waals surface area contributed by atoms with Crippen LogP contribution in [0.25, 0.3) is 0 Å². The van der Waals surface area contributed by atoms with Gasteiger partial charge in [0, 0.05) is 44.6 Å². The fourth-order valence-corrected chi connectivity index (χ4v) is 12.2. The number of nitrogens with one attached hydrogen (secondary N) is 1. The summed E-state index contributed by atoms with van der Waals surface area (Å²) < 4.78 is 35.7. The van der Waals surface area contributed by atoms with Crippen LogP contribution < -0.4 is 28.3 Å². The highest BCUT2D eigenvalue weighted by Crippen LogP contribution is 2.35. The van der Waals surface area contributed by atoms with E-state index in [0.29, 0.717) is 13.1 Å². The van der Waals surface area contributed by atoms with Crippen molar-refractivity contribution in [1.29, 1.82) is 0 Å². The normalized spacial score (nSPS) is 32.2. The molecule has 3 saturated heterocycles. The molecule has 2 amide bonds. The highest BCUT2D eigenvalue weighted by molar-refractivity contribution is 5.83. The average molecular weight is 1240 g/mol. The lowest BCUT2D eigenvalue weighted by Gasteiger charge is -2.47. The fourth-order valence-electron chi connectivity index (χ4n) is 12.2. The van der Waals surface area contributed by atoms with Crippen molar-refractivity contribution in [2.75, 3.05) is 32.8 Å². The second kappa shape index (κ2) is 45.1. The Morgan fingerprint density at radius 3 is 1.30 bits per heavy atom. The van der Waals surface area contributed by atoms with Crippen LogP contribution in [0.2, 0.25) is 0 Å². The van der Waals surface area contributed by atoms with Crippen LogP contribution in [-0.4, -0.2) is 207 Å². The third-order valence-electron chi connectivity index (χ3n) is 17.9. The number of nitrogens with two attached hydrogens (primary N) is 4. The smallest absolute Gasteiger partial charge is 0.223 e. The van der Waals surface area contributed by atoms with Gasteiger partial charge in [-0.25, -0.2) is 0 Å².